The molecule has 4 nitrogen and oxygen atoms in total. The Labute approximate surface area is 107 Å². The second-order valence-electron chi connectivity index (χ2n) is 5.21. The molecule has 0 atom stereocenters. The van der Waals surface area contributed by atoms with E-state index >= 15 is 0 Å². The van der Waals surface area contributed by atoms with E-state index in [0.717, 1.165) is 11.8 Å². The second kappa shape index (κ2) is 5.67. The molecule has 1 aromatic rings. The molecule has 0 aromatic heterocycles. The van der Waals surface area contributed by atoms with Gasteiger partial charge in [-0.1, -0.05) is 24.3 Å². The third-order valence-electron chi connectivity index (χ3n) is 2.78. The molecule has 0 spiro atoms. The smallest absolute Gasteiger partial charge is 0.407 e. The van der Waals surface area contributed by atoms with Gasteiger partial charge in [0.1, 0.15) is 6.29 Å². The lowest BCUT2D eigenvalue weighted by Crippen LogP contribution is -2.45. The summed E-state index contributed by atoms with van der Waals surface area (Å²) in [5, 5.41) is 9.15. The summed E-state index contributed by atoms with van der Waals surface area (Å²) in [7, 11) is 0. The van der Waals surface area contributed by atoms with Crippen molar-refractivity contribution in [2.24, 2.45) is 0 Å². The summed E-state index contributed by atoms with van der Waals surface area (Å²) in [6.45, 7) is 6.06. The number of rotatable bonds is 4. The van der Waals surface area contributed by atoms with E-state index in [4.69, 9.17) is 5.11 Å². The Balaban J connectivity index is 2.67. The first-order valence-corrected chi connectivity index (χ1v) is 5.89. The lowest BCUT2D eigenvalue weighted by Gasteiger charge is -2.33. The Kier molecular flexibility index (Phi) is 4.48. The highest BCUT2D eigenvalue weighted by atomic mass is 16.4. The Morgan fingerprint density at radius 1 is 1.28 bits per heavy atom. The van der Waals surface area contributed by atoms with Gasteiger partial charge in [-0.2, -0.15) is 0 Å². The van der Waals surface area contributed by atoms with E-state index in [2.05, 4.69) is 0 Å². The van der Waals surface area contributed by atoms with Gasteiger partial charge in [0.05, 0.1) is 0 Å². The van der Waals surface area contributed by atoms with Crippen LogP contribution >= 0.6 is 0 Å². The summed E-state index contributed by atoms with van der Waals surface area (Å²) in [5.41, 5.74) is 1.25. The first-order chi connectivity index (χ1) is 8.34. The van der Waals surface area contributed by atoms with Crippen LogP contribution in [0, 0.1) is 0 Å². The van der Waals surface area contributed by atoms with Crippen LogP contribution in [0.1, 0.15) is 36.7 Å². The molecular weight excluding hydrogens is 230 g/mol. The van der Waals surface area contributed by atoms with Crippen LogP contribution in [-0.4, -0.2) is 34.5 Å². The largest absolute Gasteiger partial charge is 0.465 e. The van der Waals surface area contributed by atoms with Crippen LogP contribution in [0.25, 0.3) is 0 Å². The first-order valence-electron chi connectivity index (χ1n) is 5.89. The fourth-order valence-corrected chi connectivity index (χ4v) is 1.72. The molecule has 0 fully saturated rings. The van der Waals surface area contributed by atoms with Gasteiger partial charge in [-0.25, -0.2) is 4.79 Å². The van der Waals surface area contributed by atoms with E-state index in [-0.39, 0.29) is 0 Å². The van der Waals surface area contributed by atoms with Crippen molar-refractivity contribution >= 4 is 12.4 Å². The van der Waals surface area contributed by atoms with E-state index in [9.17, 15) is 9.59 Å². The van der Waals surface area contributed by atoms with Crippen LogP contribution in [0.15, 0.2) is 24.3 Å². The number of aldehydes is 1. The number of carboxylic acid groups (broad SMARTS) is 1. The summed E-state index contributed by atoms with van der Waals surface area (Å²) in [6.07, 6.45) is 0.526. The molecule has 1 amide bonds. The summed E-state index contributed by atoms with van der Waals surface area (Å²) >= 11 is 0. The number of amides is 1. The number of benzene rings is 1. The lowest BCUT2D eigenvalue weighted by atomic mass is 10.0. The van der Waals surface area contributed by atoms with Crippen molar-refractivity contribution in [3.8, 4) is 0 Å². The Morgan fingerprint density at radius 3 is 2.22 bits per heavy atom. The third-order valence-corrected chi connectivity index (χ3v) is 2.78. The highest BCUT2D eigenvalue weighted by molar-refractivity contribution is 5.74. The van der Waals surface area contributed by atoms with E-state index in [1.807, 2.05) is 32.9 Å². The number of carbonyl (C=O) groups excluding carboxylic acids is 1. The fraction of sp³-hybridized carbons (Fsp3) is 0.429. The van der Waals surface area contributed by atoms with Crippen LogP contribution < -0.4 is 0 Å². The van der Waals surface area contributed by atoms with Crippen LogP contribution in [0.4, 0.5) is 4.79 Å². The lowest BCUT2D eigenvalue weighted by molar-refractivity contribution is 0.101. The van der Waals surface area contributed by atoms with Crippen molar-refractivity contribution in [2.45, 2.75) is 32.7 Å². The van der Waals surface area contributed by atoms with Crippen LogP contribution in [0.5, 0.6) is 0 Å². The van der Waals surface area contributed by atoms with E-state index in [1.54, 1.807) is 12.1 Å². The summed E-state index contributed by atoms with van der Waals surface area (Å²) in [4.78, 5) is 23.1. The maximum atomic E-state index is 11.1. The zero-order valence-corrected chi connectivity index (χ0v) is 11.0. The van der Waals surface area contributed by atoms with Crippen molar-refractivity contribution in [1.82, 2.24) is 4.90 Å². The predicted molar refractivity (Wildman–Crippen MR) is 70.0 cm³/mol. The van der Waals surface area contributed by atoms with Gasteiger partial charge < -0.3 is 10.0 Å². The average molecular weight is 249 g/mol. The normalized spacial score (nSPS) is 11.1. The van der Waals surface area contributed by atoms with Gasteiger partial charge in [0.2, 0.25) is 0 Å². The topological polar surface area (TPSA) is 57.6 Å². The summed E-state index contributed by atoms with van der Waals surface area (Å²) < 4.78 is 0. The van der Waals surface area contributed by atoms with E-state index in [0.29, 0.717) is 18.5 Å². The number of nitrogens with zero attached hydrogens (tertiary/aromatic N) is 1. The van der Waals surface area contributed by atoms with Crippen LogP contribution in [0.2, 0.25) is 0 Å². The Hall–Kier alpha value is -1.84. The van der Waals surface area contributed by atoms with E-state index in [1.165, 1.54) is 4.90 Å². The van der Waals surface area contributed by atoms with Gasteiger partial charge in [0.15, 0.2) is 0 Å². The molecule has 0 aliphatic rings. The minimum atomic E-state index is -0.910. The third kappa shape index (κ3) is 3.87. The van der Waals surface area contributed by atoms with Gasteiger partial charge in [0, 0.05) is 17.6 Å². The zero-order chi connectivity index (χ0) is 13.8. The molecule has 0 aliphatic heterocycles. The molecule has 0 aliphatic carbocycles. The molecule has 1 rings (SSSR count). The molecule has 98 valence electrons. The van der Waals surface area contributed by atoms with Crippen molar-refractivity contribution in [3.63, 3.8) is 0 Å². The predicted octanol–water partition coefficient (Wildman–Crippen LogP) is 2.82. The molecule has 18 heavy (non-hydrogen) atoms. The zero-order valence-electron chi connectivity index (χ0n) is 11.0. The van der Waals surface area contributed by atoms with Crippen molar-refractivity contribution < 1.29 is 14.7 Å². The highest BCUT2D eigenvalue weighted by Crippen LogP contribution is 2.14. The van der Waals surface area contributed by atoms with Crippen molar-refractivity contribution in [1.29, 1.82) is 0 Å². The molecule has 0 saturated carbocycles. The van der Waals surface area contributed by atoms with Gasteiger partial charge in [-0.15, -0.1) is 0 Å². The second-order valence-corrected chi connectivity index (χ2v) is 5.21. The molecule has 0 saturated heterocycles. The molecule has 0 bridgehead atoms. The maximum Gasteiger partial charge on any atom is 0.407 e. The number of hydrogen-bond acceptors (Lipinski definition) is 2. The standard InChI is InChI=1S/C14H19NO3/c1-14(2,3)15(13(17)18)9-8-11-4-6-12(10-16)7-5-11/h4-7,10H,8-9H2,1-3H3,(H,17,18). The van der Waals surface area contributed by atoms with E-state index < -0.39 is 11.6 Å². The van der Waals surface area contributed by atoms with Crippen LogP contribution in [-0.2, 0) is 6.42 Å². The highest BCUT2D eigenvalue weighted by Gasteiger charge is 2.25. The number of hydrogen-bond donors (Lipinski definition) is 1. The first kappa shape index (κ1) is 14.2. The molecule has 1 N–H and O–H groups in total. The summed E-state index contributed by atoms with van der Waals surface area (Å²) in [5.74, 6) is 0. The van der Waals surface area contributed by atoms with Crippen molar-refractivity contribution in [2.75, 3.05) is 6.54 Å². The SMILES string of the molecule is CC(C)(C)N(CCc1ccc(C=O)cc1)C(=O)O. The maximum absolute atomic E-state index is 11.1. The number of carbonyl (C=O) groups is 2. The quantitative estimate of drug-likeness (QED) is 0.835. The van der Waals surface area contributed by atoms with Gasteiger partial charge in [-0.05, 0) is 32.8 Å². The molecule has 1 aromatic carbocycles. The van der Waals surface area contributed by atoms with Crippen molar-refractivity contribution in [3.05, 3.63) is 35.4 Å². The molecular formula is C14H19NO3. The Bertz CT molecular complexity index is 418. The van der Waals surface area contributed by atoms with Gasteiger partial charge >= 0.3 is 6.09 Å². The van der Waals surface area contributed by atoms with Crippen LogP contribution in [0.3, 0.4) is 0 Å². The molecule has 4 heteroatoms. The monoisotopic (exact) mass is 249 g/mol. The molecule has 0 unspecified atom stereocenters. The van der Waals surface area contributed by atoms with Gasteiger partial charge in [0.25, 0.3) is 0 Å². The van der Waals surface area contributed by atoms with Gasteiger partial charge in [-0.3, -0.25) is 4.79 Å². The summed E-state index contributed by atoms with van der Waals surface area (Å²) in [6, 6.07) is 7.19. The minimum absolute atomic E-state index is 0.408. The molecule has 0 radical (unpaired) electrons. The molecule has 0 heterocycles. The minimum Gasteiger partial charge on any atom is -0.465 e. The fourth-order valence-electron chi connectivity index (χ4n) is 1.72. The Morgan fingerprint density at radius 2 is 1.83 bits per heavy atom. The average Bonchev–Trinajstić information content (AvgIpc) is 2.28.